The average molecular weight is 244 g/mol. The van der Waals surface area contributed by atoms with E-state index in [2.05, 4.69) is 41.8 Å². The van der Waals surface area contributed by atoms with E-state index in [0.717, 1.165) is 13.1 Å². The van der Waals surface area contributed by atoms with E-state index >= 15 is 0 Å². The Hall–Kier alpha value is -1.02. The average Bonchev–Trinajstić information content (AvgIpc) is 2.76. The highest BCUT2D eigenvalue weighted by atomic mass is 14.9. The van der Waals surface area contributed by atoms with Gasteiger partial charge in [-0.15, -0.1) is 0 Å². The summed E-state index contributed by atoms with van der Waals surface area (Å²) in [5.41, 5.74) is 3.45. The fourth-order valence-corrected chi connectivity index (χ4v) is 3.24. The molecule has 0 amide bonds. The second kappa shape index (κ2) is 4.93. The van der Waals surface area contributed by atoms with Crippen LogP contribution in [0.4, 0.5) is 5.69 Å². The van der Waals surface area contributed by atoms with Crippen LogP contribution in [-0.4, -0.2) is 19.6 Å². The van der Waals surface area contributed by atoms with Gasteiger partial charge in [0.2, 0.25) is 0 Å². The summed E-state index contributed by atoms with van der Waals surface area (Å²) in [6.07, 6.45) is 5.50. The Morgan fingerprint density at radius 3 is 2.94 bits per heavy atom. The van der Waals surface area contributed by atoms with Crippen LogP contribution in [0.15, 0.2) is 24.3 Å². The lowest BCUT2D eigenvalue weighted by molar-refractivity contribution is 0.157. The van der Waals surface area contributed by atoms with Crippen molar-refractivity contribution in [3.63, 3.8) is 0 Å². The lowest BCUT2D eigenvalue weighted by atomic mass is 9.70. The van der Waals surface area contributed by atoms with Crippen molar-refractivity contribution in [3.05, 3.63) is 29.8 Å². The first kappa shape index (κ1) is 12.0. The monoisotopic (exact) mass is 244 g/mol. The molecule has 1 atom stereocenters. The molecule has 0 bridgehead atoms. The van der Waals surface area contributed by atoms with Crippen LogP contribution in [0.1, 0.15) is 44.1 Å². The molecule has 1 unspecified atom stereocenters. The summed E-state index contributed by atoms with van der Waals surface area (Å²) >= 11 is 0. The molecule has 1 fully saturated rings. The Balaban J connectivity index is 1.44. The van der Waals surface area contributed by atoms with Gasteiger partial charge < -0.3 is 10.6 Å². The van der Waals surface area contributed by atoms with Crippen LogP contribution in [0.2, 0.25) is 0 Å². The fourth-order valence-electron chi connectivity index (χ4n) is 3.24. The van der Waals surface area contributed by atoms with Crippen LogP contribution < -0.4 is 10.6 Å². The molecule has 1 saturated carbocycles. The second-order valence-electron chi connectivity index (χ2n) is 6.29. The van der Waals surface area contributed by atoms with E-state index in [1.54, 1.807) is 0 Å². The molecule has 0 radical (unpaired) electrons. The summed E-state index contributed by atoms with van der Waals surface area (Å²) in [5.74, 6) is 0.697. The van der Waals surface area contributed by atoms with E-state index in [-0.39, 0.29) is 0 Å². The molecule has 1 aliphatic heterocycles. The van der Waals surface area contributed by atoms with Crippen LogP contribution in [0, 0.1) is 5.41 Å². The van der Waals surface area contributed by atoms with Crippen molar-refractivity contribution in [1.29, 1.82) is 0 Å². The zero-order chi connectivity index (χ0) is 12.4. The molecule has 1 aromatic carbocycles. The first-order valence-electron chi connectivity index (χ1n) is 7.30. The summed E-state index contributed by atoms with van der Waals surface area (Å²) in [6.45, 7) is 5.87. The van der Waals surface area contributed by atoms with Gasteiger partial charge >= 0.3 is 0 Å². The molecule has 2 heteroatoms. The minimum absolute atomic E-state index is 0.603. The van der Waals surface area contributed by atoms with Crippen molar-refractivity contribution >= 4 is 5.69 Å². The second-order valence-corrected chi connectivity index (χ2v) is 6.29. The van der Waals surface area contributed by atoms with Crippen molar-refractivity contribution < 1.29 is 0 Å². The number of nitrogens with one attached hydrogen (secondary N) is 2. The normalized spacial score (nSPS) is 24.2. The predicted molar refractivity (Wildman–Crippen MR) is 77.1 cm³/mol. The summed E-state index contributed by atoms with van der Waals surface area (Å²) in [5, 5.41) is 7.16. The van der Waals surface area contributed by atoms with Crippen molar-refractivity contribution in [2.24, 2.45) is 5.41 Å². The van der Waals surface area contributed by atoms with Crippen molar-refractivity contribution in [2.45, 2.75) is 38.5 Å². The van der Waals surface area contributed by atoms with Crippen molar-refractivity contribution in [1.82, 2.24) is 5.32 Å². The summed E-state index contributed by atoms with van der Waals surface area (Å²) in [6, 6.07) is 8.73. The highest BCUT2D eigenvalue weighted by Crippen LogP contribution is 2.39. The maximum absolute atomic E-state index is 3.66. The molecule has 2 aliphatic rings. The fraction of sp³-hybridized carbons (Fsp3) is 0.625. The van der Waals surface area contributed by atoms with Gasteiger partial charge in [-0.25, -0.2) is 0 Å². The molecule has 1 aromatic rings. The van der Waals surface area contributed by atoms with E-state index < -0.39 is 0 Å². The number of rotatable bonds is 5. The molecule has 2 N–H and O–H groups in total. The third-order valence-electron chi connectivity index (χ3n) is 4.72. The molecule has 1 heterocycles. The Morgan fingerprint density at radius 1 is 1.33 bits per heavy atom. The minimum atomic E-state index is 0.603. The van der Waals surface area contributed by atoms with Crippen LogP contribution in [0.5, 0.6) is 0 Å². The molecule has 1 aliphatic carbocycles. The lowest BCUT2D eigenvalue weighted by Gasteiger charge is -2.38. The predicted octanol–water partition coefficient (Wildman–Crippen LogP) is 3.37. The number of hydrogen-bond acceptors (Lipinski definition) is 2. The number of anilines is 1. The molecule has 0 aromatic heterocycles. The van der Waals surface area contributed by atoms with Gasteiger partial charge in [0, 0.05) is 24.7 Å². The van der Waals surface area contributed by atoms with Gasteiger partial charge in [-0.1, -0.05) is 31.5 Å². The summed E-state index contributed by atoms with van der Waals surface area (Å²) in [4.78, 5) is 0. The highest BCUT2D eigenvalue weighted by molar-refractivity contribution is 5.57. The number of fused-ring (bicyclic) bond motifs is 1. The minimum Gasteiger partial charge on any atom is -0.384 e. The van der Waals surface area contributed by atoms with Gasteiger partial charge in [-0.3, -0.25) is 0 Å². The lowest BCUT2D eigenvalue weighted by Crippen LogP contribution is -2.37. The molecule has 0 spiro atoms. The van der Waals surface area contributed by atoms with Crippen molar-refractivity contribution in [3.8, 4) is 0 Å². The Bertz CT molecular complexity index is 409. The van der Waals surface area contributed by atoms with Gasteiger partial charge in [0.05, 0.1) is 0 Å². The molecule has 2 nitrogen and oxygen atoms in total. The van der Waals surface area contributed by atoms with Crippen LogP contribution >= 0.6 is 0 Å². The third kappa shape index (κ3) is 2.39. The molecular formula is C16H24N2. The van der Waals surface area contributed by atoms with Gasteiger partial charge in [0.25, 0.3) is 0 Å². The SMILES string of the molecule is CC1(CNCCC2CNc3ccccc32)CCC1. The molecule has 18 heavy (non-hydrogen) atoms. The third-order valence-corrected chi connectivity index (χ3v) is 4.72. The van der Waals surface area contributed by atoms with Crippen LogP contribution in [-0.2, 0) is 0 Å². The maximum Gasteiger partial charge on any atom is 0.0376 e. The molecule has 3 rings (SSSR count). The molecule has 98 valence electrons. The van der Waals surface area contributed by atoms with E-state index in [1.807, 2.05) is 0 Å². The van der Waals surface area contributed by atoms with E-state index in [0.29, 0.717) is 11.3 Å². The van der Waals surface area contributed by atoms with Crippen LogP contribution in [0.3, 0.4) is 0 Å². The van der Waals surface area contributed by atoms with E-state index in [4.69, 9.17) is 0 Å². The smallest absolute Gasteiger partial charge is 0.0376 e. The summed E-state index contributed by atoms with van der Waals surface area (Å²) < 4.78 is 0. The Kier molecular flexibility index (Phi) is 3.29. The number of hydrogen-bond donors (Lipinski definition) is 2. The number of para-hydroxylation sites is 1. The standard InChI is InChI=1S/C16H24N2/c1-16(8-4-9-16)12-17-10-7-13-11-18-15-6-3-2-5-14(13)15/h2-3,5-6,13,17-18H,4,7-12H2,1H3. The first-order valence-corrected chi connectivity index (χ1v) is 7.30. The summed E-state index contributed by atoms with van der Waals surface area (Å²) in [7, 11) is 0. The zero-order valence-electron chi connectivity index (χ0n) is 11.3. The van der Waals surface area contributed by atoms with Crippen molar-refractivity contribution in [2.75, 3.05) is 25.0 Å². The Labute approximate surface area is 110 Å². The highest BCUT2D eigenvalue weighted by Gasteiger charge is 2.31. The van der Waals surface area contributed by atoms with Crippen LogP contribution in [0.25, 0.3) is 0 Å². The molecule has 0 saturated heterocycles. The number of benzene rings is 1. The zero-order valence-corrected chi connectivity index (χ0v) is 11.3. The van der Waals surface area contributed by atoms with E-state index in [9.17, 15) is 0 Å². The Morgan fingerprint density at radius 2 is 2.17 bits per heavy atom. The molecular weight excluding hydrogens is 220 g/mol. The van der Waals surface area contributed by atoms with E-state index in [1.165, 1.54) is 43.5 Å². The quantitative estimate of drug-likeness (QED) is 0.776. The van der Waals surface area contributed by atoms with Gasteiger partial charge in [-0.05, 0) is 42.9 Å². The maximum atomic E-state index is 3.66. The first-order chi connectivity index (χ1) is 8.77. The van der Waals surface area contributed by atoms with Gasteiger partial charge in [-0.2, -0.15) is 0 Å². The van der Waals surface area contributed by atoms with Gasteiger partial charge in [0.15, 0.2) is 0 Å². The topological polar surface area (TPSA) is 24.1 Å². The van der Waals surface area contributed by atoms with Gasteiger partial charge in [0.1, 0.15) is 0 Å². The largest absolute Gasteiger partial charge is 0.384 e.